The van der Waals surface area contributed by atoms with E-state index < -0.39 is 0 Å². The quantitative estimate of drug-likeness (QED) is 0.425. The first-order valence-corrected chi connectivity index (χ1v) is 8.82. The number of hydrogen-bond donors (Lipinski definition) is 1. The van der Waals surface area contributed by atoms with Crippen LogP contribution in [0.4, 0.5) is 0 Å². The van der Waals surface area contributed by atoms with Crippen molar-refractivity contribution < 1.29 is 4.52 Å². The lowest BCUT2D eigenvalue weighted by molar-refractivity contribution is 0.425. The van der Waals surface area contributed by atoms with Crippen molar-refractivity contribution in [2.24, 2.45) is 0 Å². The molecule has 26 heavy (non-hydrogen) atoms. The van der Waals surface area contributed by atoms with Crippen LogP contribution >= 0.6 is 11.8 Å². The van der Waals surface area contributed by atoms with E-state index in [1.54, 1.807) is 12.4 Å². The van der Waals surface area contributed by atoms with Crippen LogP contribution < -0.4 is 5.84 Å². The van der Waals surface area contributed by atoms with E-state index in [4.69, 9.17) is 10.4 Å². The average Bonchev–Trinajstić information content (AvgIpc) is 3.28. The van der Waals surface area contributed by atoms with Gasteiger partial charge in [0.2, 0.25) is 5.16 Å². The van der Waals surface area contributed by atoms with Gasteiger partial charge in [-0.1, -0.05) is 34.6 Å². The number of nitrogen functional groups attached to an aromatic ring is 1. The lowest BCUT2D eigenvalue weighted by atomic mass is 10.1. The highest BCUT2D eigenvalue weighted by Crippen LogP contribution is 2.24. The van der Waals surface area contributed by atoms with E-state index in [0.29, 0.717) is 28.4 Å². The Morgan fingerprint density at radius 1 is 1.12 bits per heavy atom. The maximum atomic E-state index is 6.10. The molecule has 1 aromatic carbocycles. The third-order valence-corrected chi connectivity index (χ3v) is 4.61. The molecule has 0 saturated heterocycles. The van der Waals surface area contributed by atoms with E-state index in [9.17, 15) is 0 Å². The second kappa shape index (κ2) is 6.96. The highest BCUT2D eigenvalue weighted by atomic mass is 32.2. The Morgan fingerprint density at radius 2 is 1.96 bits per heavy atom. The molecule has 3 aromatic heterocycles. The third kappa shape index (κ3) is 3.29. The van der Waals surface area contributed by atoms with Crippen LogP contribution in [0.25, 0.3) is 22.8 Å². The lowest BCUT2D eigenvalue weighted by Gasteiger charge is -2.02. The van der Waals surface area contributed by atoms with E-state index in [1.165, 1.54) is 16.4 Å². The number of hydrogen-bond acceptors (Lipinski definition) is 8. The molecule has 2 N–H and O–H groups in total. The first kappa shape index (κ1) is 16.3. The Bertz CT molecular complexity index is 1030. The van der Waals surface area contributed by atoms with E-state index in [0.717, 1.165) is 16.7 Å². The Hall–Kier alpha value is -3.20. The van der Waals surface area contributed by atoms with Gasteiger partial charge < -0.3 is 10.4 Å². The van der Waals surface area contributed by atoms with Crippen molar-refractivity contribution in [1.82, 2.24) is 30.0 Å². The minimum atomic E-state index is 0.473. The Morgan fingerprint density at radius 3 is 2.77 bits per heavy atom. The van der Waals surface area contributed by atoms with Crippen molar-refractivity contribution in [2.75, 3.05) is 5.84 Å². The summed E-state index contributed by atoms with van der Waals surface area (Å²) >= 11 is 1.39. The minimum absolute atomic E-state index is 0.473. The SMILES string of the molecule is Cc1cccc(-c2nc(CSc3nnc(-c4ccncc4)n3N)no2)c1. The van der Waals surface area contributed by atoms with Crippen molar-refractivity contribution in [3.8, 4) is 22.8 Å². The van der Waals surface area contributed by atoms with Crippen molar-refractivity contribution in [2.45, 2.75) is 17.8 Å². The maximum absolute atomic E-state index is 6.10. The number of aromatic nitrogens is 6. The predicted molar refractivity (Wildman–Crippen MR) is 97.4 cm³/mol. The summed E-state index contributed by atoms with van der Waals surface area (Å²) < 4.78 is 6.79. The molecule has 0 amide bonds. The zero-order valence-electron chi connectivity index (χ0n) is 13.9. The zero-order valence-corrected chi connectivity index (χ0v) is 14.7. The van der Waals surface area contributed by atoms with Gasteiger partial charge in [0.05, 0.1) is 5.75 Å². The molecule has 0 aliphatic carbocycles. The molecule has 0 spiro atoms. The van der Waals surface area contributed by atoms with Crippen LogP contribution in [0.1, 0.15) is 11.4 Å². The molecule has 0 atom stereocenters. The summed E-state index contributed by atoms with van der Waals surface area (Å²) in [6, 6.07) is 11.6. The average molecular weight is 365 g/mol. The van der Waals surface area contributed by atoms with Gasteiger partial charge in [0, 0.05) is 23.5 Å². The number of pyridine rings is 1. The van der Waals surface area contributed by atoms with Gasteiger partial charge in [0.25, 0.3) is 5.89 Å². The van der Waals surface area contributed by atoms with Gasteiger partial charge in [0.1, 0.15) is 0 Å². The highest BCUT2D eigenvalue weighted by molar-refractivity contribution is 7.98. The van der Waals surface area contributed by atoms with Crippen LogP contribution in [0, 0.1) is 6.92 Å². The molecule has 8 nitrogen and oxygen atoms in total. The summed E-state index contributed by atoms with van der Waals surface area (Å²) in [5.74, 6) is 8.21. The summed E-state index contributed by atoms with van der Waals surface area (Å²) in [5.41, 5.74) is 2.88. The second-order valence-electron chi connectivity index (χ2n) is 5.59. The number of nitrogens with two attached hydrogens (primary N) is 1. The third-order valence-electron chi connectivity index (χ3n) is 3.67. The molecule has 0 radical (unpaired) electrons. The molecule has 0 fully saturated rings. The van der Waals surface area contributed by atoms with Crippen LogP contribution in [0.3, 0.4) is 0 Å². The summed E-state index contributed by atoms with van der Waals surface area (Å²) in [6.45, 7) is 2.02. The fourth-order valence-electron chi connectivity index (χ4n) is 2.41. The number of rotatable bonds is 5. The molecule has 130 valence electrons. The normalized spacial score (nSPS) is 11.0. The minimum Gasteiger partial charge on any atom is -0.335 e. The van der Waals surface area contributed by atoms with E-state index in [1.807, 2.05) is 43.3 Å². The number of benzene rings is 1. The topological polar surface area (TPSA) is 109 Å². The van der Waals surface area contributed by atoms with Crippen molar-refractivity contribution in [1.29, 1.82) is 0 Å². The lowest BCUT2D eigenvalue weighted by Crippen LogP contribution is -2.11. The van der Waals surface area contributed by atoms with Crippen LogP contribution in [0.5, 0.6) is 0 Å². The van der Waals surface area contributed by atoms with Crippen molar-refractivity contribution in [3.63, 3.8) is 0 Å². The number of aryl methyl sites for hydroxylation is 1. The number of thioether (sulfide) groups is 1. The van der Waals surface area contributed by atoms with Gasteiger partial charge in [-0.3, -0.25) is 4.98 Å². The van der Waals surface area contributed by atoms with Gasteiger partial charge in [0.15, 0.2) is 11.6 Å². The molecule has 3 heterocycles. The van der Waals surface area contributed by atoms with Crippen LogP contribution in [-0.2, 0) is 5.75 Å². The Labute approximate surface area is 153 Å². The van der Waals surface area contributed by atoms with Gasteiger partial charge in [-0.05, 0) is 31.2 Å². The highest BCUT2D eigenvalue weighted by Gasteiger charge is 2.14. The molecule has 0 aliphatic rings. The van der Waals surface area contributed by atoms with E-state index >= 15 is 0 Å². The Kier molecular flexibility index (Phi) is 4.36. The molecular formula is C17H15N7OS. The van der Waals surface area contributed by atoms with E-state index in [-0.39, 0.29) is 0 Å². The molecule has 4 rings (SSSR count). The van der Waals surface area contributed by atoms with Gasteiger partial charge in [-0.2, -0.15) is 4.98 Å². The van der Waals surface area contributed by atoms with E-state index in [2.05, 4.69) is 25.3 Å². The van der Waals surface area contributed by atoms with Crippen LogP contribution in [0.2, 0.25) is 0 Å². The fourth-order valence-corrected chi connectivity index (χ4v) is 3.11. The molecule has 0 aliphatic heterocycles. The summed E-state index contributed by atoms with van der Waals surface area (Å²) in [7, 11) is 0. The van der Waals surface area contributed by atoms with Crippen LogP contribution in [-0.4, -0.2) is 30.0 Å². The van der Waals surface area contributed by atoms with Gasteiger partial charge in [-0.15, -0.1) is 10.2 Å². The number of nitrogens with zero attached hydrogens (tertiary/aromatic N) is 6. The summed E-state index contributed by atoms with van der Waals surface area (Å²) in [4.78, 5) is 8.41. The molecular weight excluding hydrogens is 350 g/mol. The molecule has 0 saturated carbocycles. The smallest absolute Gasteiger partial charge is 0.257 e. The maximum Gasteiger partial charge on any atom is 0.257 e. The van der Waals surface area contributed by atoms with Crippen LogP contribution in [0.15, 0.2) is 58.5 Å². The fraction of sp³-hybridized carbons (Fsp3) is 0.118. The Balaban J connectivity index is 1.48. The second-order valence-corrected chi connectivity index (χ2v) is 6.53. The predicted octanol–water partition coefficient (Wildman–Crippen LogP) is 2.70. The van der Waals surface area contributed by atoms with Gasteiger partial charge >= 0.3 is 0 Å². The molecule has 0 unspecified atom stereocenters. The van der Waals surface area contributed by atoms with Crippen molar-refractivity contribution in [3.05, 3.63) is 60.2 Å². The summed E-state index contributed by atoms with van der Waals surface area (Å²) in [6.07, 6.45) is 3.37. The zero-order chi connectivity index (χ0) is 17.9. The summed E-state index contributed by atoms with van der Waals surface area (Å²) in [5, 5.41) is 12.9. The van der Waals surface area contributed by atoms with Gasteiger partial charge in [-0.25, -0.2) is 4.68 Å². The largest absolute Gasteiger partial charge is 0.335 e. The molecule has 4 aromatic rings. The molecule has 0 bridgehead atoms. The standard InChI is InChI=1S/C17H15N7OS/c1-11-3-2-4-13(9-11)16-20-14(23-25-16)10-26-17-22-21-15(24(17)18)12-5-7-19-8-6-12/h2-9H,10,18H2,1H3. The monoisotopic (exact) mass is 365 g/mol. The molecule has 9 heteroatoms. The first-order chi connectivity index (χ1) is 12.7. The van der Waals surface area contributed by atoms with Crippen molar-refractivity contribution >= 4 is 11.8 Å². The first-order valence-electron chi connectivity index (χ1n) is 7.84.